The van der Waals surface area contributed by atoms with Crippen LogP contribution in [0.2, 0.25) is 0 Å². The Balaban J connectivity index is 1.84. The van der Waals surface area contributed by atoms with Crippen molar-refractivity contribution >= 4 is 5.82 Å². The summed E-state index contributed by atoms with van der Waals surface area (Å²) in [6.45, 7) is 0. The third-order valence-electron chi connectivity index (χ3n) is 4.08. The molecule has 4 heteroatoms. The number of nitrogens with zero attached hydrogens (tertiary/aromatic N) is 2. The predicted molar refractivity (Wildman–Crippen MR) is 83.5 cm³/mol. The van der Waals surface area contributed by atoms with E-state index in [0.717, 1.165) is 22.8 Å². The summed E-state index contributed by atoms with van der Waals surface area (Å²) in [5, 5.41) is 0. The molecule has 1 saturated carbocycles. The summed E-state index contributed by atoms with van der Waals surface area (Å²) in [5.74, 6) is 2.78. The van der Waals surface area contributed by atoms with Gasteiger partial charge in [-0.25, -0.2) is 9.97 Å². The maximum Gasteiger partial charge on any atom is 0.135 e. The van der Waals surface area contributed by atoms with Crippen LogP contribution in [0.5, 0.6) is 5.75 Å². The van der Waals surface area contributed by atoms with Crippen molar-refractivity contribution in [2.24, 2.45) is 0 Å². The number of hydrogen-bond donors (Lipinski definition) is 1. The molecule has 0 aliphatic heterocycles. The second-order valence-electron chi connectivity index (χ2n) is 5.64. The lowest BCUT2D eigenvalue weighted by molar-refractivity contribution is 0.414. The summed E-state index contributed by atoms with van der Waals surface area (Å²) in [4.78, 5) is 9.12. The molecule has 0 bridgehead atoms. The molecule has 0 amide bonds. The molecule has 1 aromatic carbocycles. The molecule has 1 heterocycles. The number of nitrogen functional groups attached to an aromatic ring is 1. The second-order valence-corrected chi connectivity index (χ2v) is 5.64. The molecule has 0 saturated heterocycles. The molecule has 0 spiro atoms. The van der Waals surface area contributed by atoms with Gasteiger partial charge < -0.3 is 10.5 Å². The Kier molecular flexibility index (Phi) is 4.04. The Morgan fingerprint density at radius 3 is 2.76 bits per heavy atom. The van der Waals surface area contributed by atoms with Crippen LogP contribution >= 0.6 is 0 Å². The van der Waals surface area contributed by atoms with E-state index in [-0.39, 0.29) is 0 Å². The van der Waals surface area contributed by atoms with E-state index < -0.39 is 0 Å². The minimum absolute atomic E-state index is 0.555. The zero-order valence-corrected chi connectivity index (χ0v) is 12.4. The molecular formula is C17H21N3O. The smallest absolute Gasteiger partial charge is 0.135 e. The van der Waals surface area contributed by atoms with Gasteiger partial charge in [-0.05, 0) is 30.5 Å². The molecule has 1 aliphatic rings. The molecule has 1 fully saturated rings. The van der Waals surface area contributed by atoms with Crippen LogP contribution in [0, 0.1) is 0 Å². The van der Waals surface area contributed by atoms with E-state index in [1.54, 1.807) is 7.11 Å². The van der Waals surface area contributed by atoms with Gasteiger partial charge in [-0.1, -0.05) is 25.0 Å². The Labute approximate surface area is 125 Å². The van der Waals surface area contributed by atoms with Gasteiger partial charge in [-0.2, -0.15) is 0 Å². The van der Waals surface area contributed by atoms with Gasteiger partial charge in [-0.15, -0.1) is 0 Å². The Morgan fingerprint density at radius 1 is 1.19 bits per heavy atom. The van der Waals surface area contributed by atoms with Gasteiger partial charge in [0.15, 0.2) is 0 Å². The van der Waals surface area contributed by atoms with E-state index in [0.29, 0.717) is 18.2 Å². The van der Waals surface area contributed by atoms with Gasteiger partial charge in [-0.3, -0.25) is 0 Å². The number of methoxy groups -OCH3 is 1. The van der Waals surface area contributed by atoms with Gasteiger partial charge in [0.25, 0.3) is 0 Å². The molecule has 1 aliphatic carbocycles. The van der Waals surface area contributed by atoms with Crippen LogP contribution < -0.4 is 10.5 Å². The molecule has 21 heavy (non-hydrogen) atoms. The largest absolute Gasteiger partial charge is 0.497 e. The number of hydrogen-bond acceptors (Lipinski definition) is 4. The van der Waals surface area contributed by atoms with Crippen LogP contribution in [-0.4, -0.2) is 17.1 Å². The number of rotatable bonds is 4. The number of benzene rings is 1. The van der Waals surface area contributed by atoms with Gasteiger partial charge in [0, 0.05) is 24.1 Å². The Bertz CT molecular complexity index is 621. The lowest BCUT2D eigenvalue weighted by Gasteiger charge is -2.11. The average Bonchev–Trinajstić information content (AvgIpc) is 3.01. The van der Waals surface area contributed by atoms with Crippen molar-refractivity contribution in [3.63, 3.8) is 0 Å². The highest BCUT2D eigenvalue weighted by Crippen LogP contribution is 2.33. The zero-order valence-electron chi connectivity index (χ0n) is 12.4. The van der Waals surface area contributed by atoms with Gasteiger partial charge in [0.2, 0.25) is 0 Å². The lowest BCUT2D eigenvalue weighted by Crippen LogP contribution is -2.06. The molecule has 0 unspecified atom stereocenters. The summed E-state index contributed by atoms with van der Waals surface area (Å²) in [5.41, 5.74) is 8.21. The van der Waals surface area contributed by atoms with Crippen LogP contribution in [0.1, 0.15) is 48.7 Å². The fourth-order valence-electron chi connectivity index (χ4n) is 3.01. The summed E-state index contributed by atoms with van der Waals surface area (Å²) in [7, 11) is 1.67. The monoisotopic (exact) mass is 283 g/mol. The first-order valence-electron chi connectivity index (χ1n) is 7.51. The SMILES string of the molecule is COc1cccc(Cc2nc(N)cc(C3CCCC3)n2)c1. The quantitative estimate of drug-likeness (QED) is 0.935. The molecule has 1 aromatic heterocycles. The number of nitrogens with two attached hydrogens (primary N) is 1. The third-order valence-corrected chi connectivity index (χ3v) is 4.08. The molecule has 2 aromatic rings. The van der Waals surface area contributed by atoms with Gasteiger partial charge in [0.05, 0.1) is 7.11 Å². The van der Waals surface area contributed by atoms with E-state index in [2.05, 4.69) is 11.1 Å². The first kappa shape index (κ1) is 13.9. The molecule has 110 valence electrons. The maximum absolute atomic E-state index is 5.96. The Hall–Kier alpha value is -2.10. The summed E-state index contributed by atoms with van der Waals surface area (Å²) in [6, 6.07) is 9.93. The minimum Gasteiger partial charge on any atom is -0.497 e. The minimum atomic E-state index is 0.555. The molecule has 3 rings (SSSR count). The first-order chi connectivity index (χ1) is 10.2. The highest BCUT2D eigenvalue weighted by Gasteiger charge is 2.19. The fraction of sp³-hybridized carbons (Fsp3) is 0.412. The van der Waals surface area contributed by atoms with Crippen molar-refractivity contribution in [1.29, 1.82) is 0 Å². The molecule has 0 radical (unpaired) electrons. The van der Waals surface area contributed by atoms with Gasteiger partial charge in [0.1, 0.15) is 17.4 Å². The number of ether oxygens (including phenoxy) is 1. The van der Waals surface area contributed by atoms with Gasteiger partial charge >= 0.3 is 0 Å². The van der Waals surface area contributed by atoms with Crippen molar-refractivity contribution in [2.75, 3.05) is 12.8 Å². The van der Waals surface area contributed by atoms with E-state index in [9.17, 15) is 0 Å². The zero-order chi connectivity index (χ0) is 14.7. The standard InChI is InChI=1S/C17H21N3O/c1-21-14-8-4-5-12(9-14)10-17-19-15(11-16(18)20-17)13-6-2-3-7-13/h4-5,8-9,11,13H,2-3,6-7,10H2,1H3,(H2,18,19,20). The fourth-order valence-corrected chi connectivity index (χ4v) is 3.01. The topological polar surface area (TPSA) is 61.0 Å². The van der Waals surface area contributed by atoms with Crippen LogP contribution in [-0.2, 0) is 6.42 Å². The summed E-state index contributed by atoms with van der Waals surface area (Å²) >= 11 is 0. The highest BCUT2D eigenvalue weighted by molar-refractivity contribution is 5.34. The molecule has 2 N–H and O–H groups in total. The number of anilines is 1. The van der Waals surface area contributed by atoms with Crippen molar-refractivity contribution < 1.29 is 4.74 Å². The van der Waals surface area contributed by atoms with Crippen molar-refractivity contribution in [3.05, 3.63) is 47.4 Å². The average molecular weight is 283 g/mol. The van der Waals surface area contributed by atoms with Crippen molar-refractivity contribution in [1.82, 2.24) is 9.97 Å². The molecular weight excluding hydrogens is 262 g/mol. The van der Waals surface area contributed by atoms with Crippen LogP contribution in [0.4, 0.5) is 5.82 Å². The maximum atomic E-state index is 5.96. The van der Waals surface area contributed by atoms with E-state index >= 15 is 0 Å². The summed E-state index contributed by atoms with van der Waals surface area (Å²) in [6.07, 6.45) is 5.70. The second kappa shape index (κ2) is 6.12. The van der Waals surface area contributed by atoms with Crippen molar-refractivity contribution in [2.45, 2.75) is 38.0 Å². The Morgan fingerprint density at radius 2 is 2.00 bits per heavy atom. The number of aromatic nitrogens is 2. The normalized spacial score (nSPS) is 15.3. The molecule has 0 atom stereocenters. The molecule has 4 nitrogen and oxygen atoms in total. The summed E-state index contributed by atoms with van der Waals surface area (Å²) < 4.78 is 5.26. The van der Waals surface area contributed by atoms with Crippen LogP contribution in [0.15, 0.2) is 30.3 Å². The third kappa shape index (κ3) is 3.32. The van der Waals surface area contributed by atoms with E-state index in [1.807, 2.05) is 24.3 Å². The van der Waals surface area contributed by atoms with Crippen LogP contribution in [0.3, 0.4) is 0 Å². The van der Waals surface area contributed by atoms with Crippen molar-refractivity contribution in [3.8, 4) is 5.75 Å². The van der Waals surface area contributed by atoms with E-state index in [1.165, 1.54) is 25.7 Å². The predicted octanol–water partition coefficient (Wildman–Crippen LogP) is 3.32. The van der Waals surface area contributed by atoms with Crippen LogP contribution in [0.25, 0.3) is 0 Å². The van der Waals surface area contributed by atoms with E-state index in [4.69, 9.17) is 15.5 Å². The first-order valence-corrected chi connectivity index (χ1v) is 7.51. The lowest BCUT2D eigenvalue weighted by atomic mass is 10.0. The highest BCUT2D eigenvalue weighted by atomic mass is 16.5.